The molecular weight excluding hydrogens is 216 g/mol. The van der Waals surface area contributed by atoms with Gasteiger partial charge in [-0.3, -0.25) is 0 Å². The first-order chi connectivity index (χ1) is 7.43. The van der Waals surface area contributed by atoms with Gasteiger partial charge in [-0.05, 0) is 6.42 Å². The van der Waals surface area contributed by atoms with E-state index in [1.807, 2.05) is 0 Å². The second-order valence-corrected chi connectivity index (χ2v) is 6.60. The molecule has 15 heavy (non-hydrogen) atoms. The van der Waals surface area contributed by atoms with Crippen LogP contribution in [0.3, 0.4) is 0 Å². The maximum absolute atomic E-state index is 5.17. The van der Waals surface area contributed by atoms with Gasteiger partial charge in [0.1, 0.15) is 10.5 Å². The Bertz CT molecular complexity index is 239. The zero-order chi connectivity index (χ0) is 10.8. The van der Waals surface area contributed by atoms with Crippen LogP contribution < -0.4 is 5.19 Å². The molecule has 0 fully saturated rings. The smallest absolute Gasteiger partial charge is 0.145 e. The van der Waals surface area contributed by atoms with E-state index in [-0.39, 0.29) is 9.52 Å². The maximum Gasteiger partial charge on any atom is 0.145 e. The van der Waals surface area contributed by atoms with Crippen molar-refractivity contribution in [3.8, 4) is 0 Å². The molecule has 0 saturated heterocycles. The summed E-state index contributed by atoms with van der Waals surface area (Å²) < 4.78 is 5.17. The minimum Gasteiger partial charge on any atom is -0.428 e. The highest BCUT2D eigenvalue weighted by atomic mass is 28.2. The molecule has 0 amide bonds. The number of rotatable bonds is 8. The Balaban J connectivity index is 1.93. The van der Waals surface area contributed by atoms with Crippen LogP contribution in [0.5, 0.6) is 0 Å². The molecule has 0 aliphatic carbocycles. The topological polar surface area (TPSA) is 9.23 Å². The van der Waals surface area contributed by atoms with E-state index in [0.717, 1.165) is 17.1 Å². The molecule has 0 N–H and O–H groups in total. The lowest BCUT2D eigenvalue weighted by Crippen LogP contribution is -2.12. The van der Waals surface area contributed by atoms with E-state index in [4.69, 9.17) is 4.43 Å². The Kier molecular flexibility index (Phi) is 7.51. The lowest BCUT2D eigenvalue weighted by molar-refractivity contribution is 0.334. The quantitative estimate of drug-likeness (QED) is 0.480. The van der Waals surface area contributed by atoms with Crippen molar-refractivity contribution in [3.63, 3.8) is 0 Å². The van der Waals surface area contributed by atoms with Crippen molar-refractivity contribution < 1.29 is 4.43 Å². The predicted molar refractivity (Wildman–Crippen MR) is 73.8 cm³/mol. The summed E-state index contributed by atoms with van der Waals surface area (Å²) in [6.07, 6.45) is 5.43. The van der Waals surface area contributed by atoms with Gasteiger partial charge in [0.25, 0.3) is 0 Å². The summed E-state index contributed by atoms with van der Waals surface area (Å²) >= 11 is 0. The average Bonchev–Trinajstić information content (AvgIpc) is 2.29. The van der Waals surface area contributed by atoms with Gasteiger partial charge >= 0.3 is 0 Å². The van der Waals surface area contributed by atoms with Gasteiger partial charge in [0, 0.05) is 6.61 Å². The van der Waals surface area contributed by atoms with Crippen molar-refractivity contribution in [3.05, 3.63) is 30.3 Å². The second-order valence-electron chi connectivity index (χ2n) is 4.00. The SMILES string of the molecule is [SiH3]OCCCCCC[SiH2]c1ccccc1. The molecule has 0 bridgehead atoms. The molecule has 1 aromatic carbocycles. The predicted octanol–water partition coefficient (Wildman–Crippen LogP) is 0.756. The summed E-state index contributed by atoms with van der Waals surface area (Å²) in [7, 11) is 0.924. The molecule has 0 saturated carbocycles. The molecule has 1 nitrogen and oxygen atoms in total. The first-order valence-electron chi connectivity index (χ1n) is 5.96. The summed E-state index contributed by atoms with van der Waals surface area (Å²) in [4.78, 5) is 0. The van der Waals surface area contributed by atoms with Crippen molar-refractivity contribution in [1.82, 2.24) is 0 Å². The molecule has 0 atom stereocenters. The van der Waals surface area contributed by atoms with Crippen LogP contribution in [-0.4, -0.2) is 26.6 Å². The van der Waals surface area contributed by atoms with Crippen LogP contribution in [0, 0.1) is 0 Å². The van der Waals surface area contributed by atoms with Gasteiger partial charge < -0.3 is 4.43 Å². The zero-order valence-electron chi connectivity index (χ0n) is 9.74. The third kappa shape index (κ3) is 6.65. The van der Waals surface area contributed by atoms with Crippen LogP contribution in [0.15, 0.2) is 30.3 Å². The lowest BCUT2D eigenvalue weighted by atomic mass is 10.2. The Morgan fingerprint density at radius 1 is 1.00 bits per heavy atom. The molecular formula is C12H22OSi2. The zero-order valence-corrected chi connectivity index (χ0v) is 13.2. The van der Waals surface area contributed by atoms with Crippen LogP contribution in [-0.2, 0) is 4.43 Å². The van der Waals surface area contributed by atoms with Crippen molar-refractivity contribution in [2.45, 2.75) is 31.7 Å². The average molecular weight is 238 g/mol. The van der Waals surface area contributed by atoms with Crippen molar-refractivity contribution in [2.75, 3.05) is 6.61 Å². The molecule has 3 heteroatoms. The Morgan fingerprint density at radius 3 is 2.47 bits per heavy atom. The fraction of sp³-hybridized carbons (Fsp3) is 0.500. The highest BCUT2D eigenvalue weighted by Gasteiger charge is 1.93. The van der Waals surface area contributed by atoms with E-state index >= 15 is 0 Å². The summed E-state index contributed by atoms with van der Waals surface area (Å²) in [6, 6.07) is 12.4. The Hall–Kier alpha value is -0.386. The normalized spacial score (nSPS) is 11.5. The molecule has 0 aromatic heterocycles. The van der Waals surface area contributed by atoms with Gasteiger partial charge in [-0.25, -0.2) is 0 Å². The molecule has 1 rings (SSSR count). The van der Waals surface area contributed by atoms with Gasteiger partial charge in [0.2, 0.25) is 0 Å². The minimum atomic E-state index is 0.0247. The molecule has 0 aliphatic heterocycles. The first-order valence-corrected chi connectivity index (χ1v) is 8.48. The van der Waals surface area contributed by atoms with Crippen LogP contribution in [0.1, 0.15) is 25.7 Å². The molecule has 0 radical (unpaired) electrons. The molecule has 0 spiro atoms. The van der Waals surface area contributed by atoms with Crippen molar-refractivity contribution in [1.29, 1.82) is 0 Å². The summed E-state index contributed by atoms with van der Waals surface area (Å²) in [5.74, 6) is 0. The van der Waals surface area contributed by atoms with E-state index < -0.39 is 0 Å². The maximum atomic E-state index is 5.17. The van der Waals surface area contributed by atoms with Gasteiger partial charge in [-0.1, -0.05) is 60.8 Å². The first kappa shape index (κ1) is 12.7. The number of hydrogen-bond acceptors (Lipinski definition) is 1. The molecule has 0 heterocycles. The van der Waals surface area contributed by atoms with E-state index in [2.05, 4.69) is 30.3 Å². The highest BCUT2D eigenvalue weighted by molar-refractivity contribution is 6.53. The number of benzene rings is 1. The largest absolute Gasteiger partial charge is 0.428 e. The van der Waals surface area contributed by atoms with E-state index in [1.54, 1.807) is 5.19 Å². The summed E-state index contributed by atoms with van der Waals surface area (Å²) in [5, 5.41) is 1.61. The van der Waals surface area contributed by atoms with Crippen LogP contribution in [0.25, 0.3) is 0 Å². The fourth-order valence-corrected chi connectivity index (χ4v) is 3.66. The van der Waals surface area contributed by atoms with Crippen molar-refractivity contribution >= 4 is 25.2 Å². The van der Waals surface area contributed by atoms with Gasteiger partial charge in [0.05, 0.1) is 9.52 Å². The lowest BCUT2D eigenvalue weighted by Gasteiger charge is -2.01. The fourth-order valence-electron chi connectivity index (χ4n) is 1.75. The summed E-state index contributed by atoms with van der Waals surface area (Å²) in [5.41, 5.74) is 0. The van der Waals surface area contributed by atoms with E-state index in [1.165, 1.54) is 31.7 Å². The highest BCUT2D eigenvalue weighted by Crippen LogP contribution is 2.02. The molecule has 84 valence electrons. The van der Waals surface area contributed by atoms with E-state index in [9.17, 15) is 0 Å². The van der Waals surface area contributed by atoms with Gasteiger partial charge in [0.15, 0.2) is 0 Å². The molecule has 0 unspecified atom stereocenters. The second kappa shape index (κ2) is 8.88. The van der Waals surface area contributed by atoms with Gasteiger partial charge in [-0.2, -0.15) is 0 Å². The van der Waals surface area contributed by atoms with Crippen LogP contribution >= 0.6 is 0 Å². The van der Waals surface area contributed by atoms with Gasteiger partial charge in [-0.15, -0.1) is 0 Å². The Morgan fingerprint density at radius 2 is 1.73 bits per heavy atom. The third-order valence-corrected chi connectivity index (χ3v) is 4.97. The minimum absolute atomic E-state index is 0.0247. The van der Waals surface area contributed by atoms with Crippen molar-refractivity contribution in [2.24, 2.45) is 0 Å². The summed E-state index contributed by atoms with van der Waals surface area (Å²) in [6.45, 7) is 0.988. The Labute approximate surface area is 98.6 Å². The van der Waals surface area contributed by atoms with Crippen LogP contribution in [0.2, 0.25) is 6.04 Å². The van der Waals surface area contributed by atoms with Crippen LogP contribution in [0.4, 0.5) is 0 Å². The molecule has 0 aliphatic rings. The number of hydrogen-bond donors (Lipinski definition) is 0. The molecule has 1 aromatic rings. The number of unbranched alkanes of at least 4 members (excludes halogenated alkanes) is 3. The standard InChI is InChI=1S/C12H22OSi2/c14-13-10-6-1-2-7-11-15-12-8-4-3-5-9-12/h3-5,8-9H,1-2,6-7,10-11,15H2,14H3. The van der Waals surface area contributed by atoms with E-state index in [0.29, 0.717) is 0 Å². The third-order valence-electron chi connectivity index (χ3n) is 2.66. The monoisotopic (exact) mass is 238 g/mol.